The van der Waals surface area contributed by atoms with Gasteiger partial charge in [0.05, 0.1) is 20.3 Å². The van der Waals surface area contributed by atoms with Crippen molar-refractivity contribution in [3.05, 3.63) is 41.6 Å². The Balaban J connectivity index is 2.00. The Hall–Kier alpha value is -2.54. The van der Waals surface area contributed by atoms with E-state index < -0.39 is 0 Å². The summed E-state index contributed by atoms with van der Waals surface area (Å²) in [6, 6.07) is 5.14. The van der Waals surface area contributed by atoms with Gasteiger partial charge in [-0.2, -0.15) is 0 Å². The van der Waals surface area contributed by atoms with E-state index in [9.17, 15) is 4.79 Å². The van der Waals surface area contributed by atoms with Gasteiger partial charge in [0.1, 0.15) is 6.26 Å². The van der Waals surface area contributed by atoms with Crippen molar-refractivity contribution in [3.63, 3.8) is 0 Å². The van der Waals surface area contributed by atoms with Gasteiger partial charge in [0.15, 0.2) is 17.2 Å². The summed E-state index contributed by atoms with van der Waals surface area (Å²) >= 11 is 0. The van der Waals surface area contributed by atoms with Crippen LogP contribution in [0.15, 0.2) is 28.9 Å². The van der Waals surface area contributed by atoms with Gasteiger partial charge in [-0.25, -0.2) is 4.98 Å². The molecule has 124 valence electrons. The lowest BCUT2D eigenvalue weighted by molar-refractivity contribution is 0.0946. The van der Waals surface area contributed by atoms with E-state index in [1.807, 2.05) is 13.0 Å². The molecule has 1 aromatic carbocycles. The fraction of sp³-hybridized carbons (Fsp3) is 0.375. The lowest BCUT2D eigenvalue weighted by Crippen LogP contribution is -2.23. The first kappa shape index (κ1) is 16.8. The van der Waals surface area contributed by atoms with E-state index in [4.69, 9.17) is 19.6 Å². The van der Waals surface area contributed by atoms with E-state index in [2.05, 4.69) is 10.3 Å². The molecule has 7 nitrogen and oxygen atoms in total. The number of amides is 1. The topological polar surface area (TPSA) is 99.6 Å². The number of carbonyl (C=O) groups is 1. The van der Waals surface area contributed by atoms with Crippen LogP contribution in [-0.4, -0.2) is 25.1 Å². The van der Waals surface area contributed by atoms with Gasteiger partial charge in [-0.15, -0.1) is 0 Å². The summed E-state index contributed by atoms with van der Waals surface area (Å²) in [4.78, 5) is 16.2. The summed E-state index contributed by atoms with van der Waals surface area (Å²) in [6.45, 7) is 2.26. The number of carbonyl (C=O) groups excluding carboxylic acids is 1. The third-order valence-corrected chi connectivity index (χ3v) is 3.41. The van der Waals surface area contributed by atoms with E-state index in [0.29, 0.717) is 30.4 Å². The number of nitrogens with one attached hydrogen (secondary N) is 1. The summed E-state index contributed by atoms with van der Waals surface area (Å²) in [5.74, 6) is 1.29. The van der Waals surface area contributed by atoms with Crippen molar-refractivity contribution in [1.82, 2.24) is 10.3 Å². The number of rotatable bonds is 7. The number of nitrogens with two attached hydrogens (primary N) is 1. The zero-order valence-electron chi connectivity index (χ0n) is 13.5. The number of hydrogen-bond donors (Lipinski definition) is 2. The molecule has 3 N–H and O–H groups in total. The normalized spacial score (nSPS) is 11.8. The molecule has 0 aliphatic rings. The van der Waals surface area contributed by atoms with Gasteiger partial charge in [0.25, 0.3) is 5.91 Å². The van der Waals surface area contributed by atoms with Crippen LogP contribution < -0.4 is 20.5 Å². The van der Waals surface area contributed by atoms with Gasteiger partial charge >= 0.3 is 0 Å². The highest BCUT2D eigenvalue weighted by Crippen LogP contribution is 2.27. The highest BCUT2D eigenvalue weighted by Gasteiger charge is 2.15. The van der Waals surface area contributed by atoms with Gasteiger partial charge in [0, 0.05) is 6.54 Å². The third-order valence-electron chi connectivity index (χ3n) is 3.41. The Labute approximate surface area is 134 Å². The standard InChI is InChI=1S/C16H21N3O4/c1-4-11(17)16-19-12(9-23-16)15(20)18-8-10-5-6-13(21-2)14(7-10)22-3/h5-7,9,11H,4,8,17H2,1-3H3,(H,18,20). The van der Waals surface area contributed by atoms with Crippen molar-refractivity contribution in [2.45, 2.75) is 25.9 Å². The fourth-order valence-electron chi connectivity index (χ4n) is 2.00. The maximum atomic E-state index is 12.1. The minimum absolute atomic E-state index is 0.212. The van der Waals surface area contributed by atoms with E-state index in [1.165, 1.54) is 6.26 Å². The molecule has 0 aliphatic carbocycles. The van der Waals surface area contributed by atoms with Gasteiger partial charge in [-0.1, -0.05) is 13.0 Å². The number of hydrogen-bond acceptors (Lipinski definition) is 6. The molecule has 0 aliphatic heterocycles. The first-order valence-electron chi connectivity index (χ1n) is 7.29. The predicted molar refractivity (Wildman–Crippen MR) is 84.4 cm³/mol. The van der Waals surface area contributed by atoms with Crippen molar-refractivity contribution in [2.75, 3.05) is 14.2 Å². The number of benzene rings is 1. The Morgan fingerprint density at radius 2 is 2.09 bits per heavy atom. The molecule has 0 saturated heterocycles. The summed E-state index contributed by atoms with van der Waals surface area (Å²) in [5.41, 5.74) is 6.91. The van der Waals surface area contributed by atoms with Crippen molar-refractivity contribution in [1.29, 1.82) is 0 Å². The predicted octanol–water partition coefficient (Wildman–Crippen LogP) is 2.03. The van der Waals surface area contributed by atoms with Crippen LogP contribution >= 0.6 is 0 Å². The SMILES string of the molecule is CCC(N)c1nc(C(=O)NCc2ccc(OC)c(OC)c2)co1. The van der Waals surface area contributed by atoms with Gasteiger partial charge in [0.2, 0.25) is 5.89 Å². The first-order valence-corrected chi connectivity index (χ1v) is 7.29. The van der Waals surface area contributed by atoms with Crippen LogP contribution in [0.5, 0.6) is 11.5 Å². The molecule has 23 heavy (non-hydrogen) atoms. The Bertz CT molecular complexity index is 669. The lowest BCUT2D eigenvalue weighted by atomic mass is 10.2. The van der Waals surface area contributed by atoms with E-state index in [0.717, 1.165) is 5.56 Å². The monoisotopic (exact) mass is 319 g/mol. The molecule has 0 radical (unpaired) electrons. The van der Waals surface area contributed by atoms with Crippen LogP contribution in [0.25, 0.3) is 0 Å². The minimum Gasteiger partial charge on any atom is -0.493 e. The molecule has 1 amide bonds. The van der Waals surface area contributed by atoms with Crippen LogP contribution in [0.1, 0.15) is 41.3 Å². The number of methoxy groups -OCH3 is 2. The maximum absolute atomic E-state index is 12.1. The average molecular weight is 319 g/mol. The van der Waals surface area contributed by atoms with Gasteiger partial charge < -0.3 is 24.9 Å². The second kappa shape index (κ2) is 7.64. The highest BCUT2D eigenvalue weighted by atomic mass is 16.5. The molecule has 0 saturated carbocycles. The molecular weight excluding hydrogens is 298 g/mol. The van der Waals surface area contributed by atoms with Crippen molar-refractivity contribution >= 4 is 5.91 Å². The summed E-state index contributed by atoms with van der Waals surface area (Å²) < 4.78 is 15.6. The molecule has 1 unspecified atom stereocenters. The summed E-state index contributed by atoms with van der Waals surface area (Å²) in [7, 11) is 3.14. The molecule has 1 aromatic heterocycles. The van der Waals surface area contributed by atoms with Crippen LogP contribution in [0.4, 0.5) is 0 Å². The van der Waals surface area contributed by atoms with Gasteiger partial charge in [-0.05, 0) is 24.1 Å². The number of nitrogens with zero attached hydrogens (tertiary/aromatic N) is 1. The molecule has 7 heteroatoms. The summed E-state index contributed by atoms with van der Waals surface area (Å²) in [5, 5.41) is 2.78. The lowest BCUT2D eigenvalue weighted by Gasteiger charge is -2.09. The average Bonchev–Trinajstić information content (AvgIpc) is 3.08. The Morgan fingerprint density at radius 3 is 2.74 bits per heavy atom. The Kier molecular flexibility index (Phi) is 5.59. The first-order chi connectivity index (χ1) is 11.1. The maximum Gasteiger partial charge on any atom is 0.273 e. The quantitative estimate of drug-likeness (QED) is 0.810. The van der Waals surface area contributed by atoms with Crippen LogP contribution in [-0.2, 0) is 6.54 Å². The molecule has 2 rings (SSSR count). The summed E-state index contributed by atoms with van der Waals surface area (Å²) in [6.07, 6.45) is 2.00. The largest absolute Gasteiger partial charge is 0.493 e. The second-order valence-electron chi connectivity index (χ2n) is 4.96. The van der Waals surface area contributed by atoms with Crippen molar-refractivity contribution in [3.8, 4) is 11.5 Å². The van der Waals surface area contributed by atoms with E-state index in [1.54, 1.807) is 26.4 Å². The smallest absolute Gasteiger partial charge is 0.273 e. The molecule has 1 heterocycles. The van der Waals surface area contributed by atoms with Gasteiger partial charge in [-0.3, -0.25) is 4.79 Å². The minimum atomic E-state index is -0.321. The van der Waals surface area contributed by atoms with Crippen molar-refractivity contribution < 1.29 is 18.7 Å². The molecule has 0 fully saturated rings. The molecule has 0 bridgehead atoms. The van der Waals surface area contributed by atoms with Crippen molar-refractivity contribution in [2.24, 2.45) is 5.73 Å². The zero-order chi connectivity index (χ0) is 16.8. The van der Waals surface area contributed by atoms with Crippen LogP contribution in [0.3, 0.4) is 0 Å². The Morgan fingerprint density at radius 1 is 1.35 bits per heavy atom. The highest BCUT2D eigenvalue weighted by molar-refractivity contribution is 5.91. The number of oxazole rings is 1. The molecular formula is C16H21N3O4. The number of ether oxygens (including phenoxy) is 2. The van der Waals surface area contributed by atoms with E-state index in [-0.39, 0.29) is 17.6 Å². The number of aromatic nitrogens is 1. The van der Waals surface area contributed by atoms with Crippen LogP contribution in [0.2, 0.25) is 0 Å². The molecule has 0 spiro atoms. The molecule has 2 aromatic rings. The van der Waals surface area contributed by atoms with E-state index >= 15 is 0 Å². The third kappa shape index (κ3) is 4.01. The second-order valence-corrected chi connectivity index (χ2v) is 4.96. The van der Waals surface area contributed by atoms with Crippen LogP contribution in [0, 0.1) is 0 Å². The molecule has 1 atom stereocenters. The zero-order valence-corrected chi connectivity index (χ0v) is 13.5. The fourth-order valence-corrected chi connectivity index (χ4v) is 2.00.